The summed E-state index contributed by atoms with van der Waals surface area (Å²) in [7, 11) is 0. The first kappa shape index (κ1) is 12.1. The Morgan fingerprint density at radius 2 is 2.00 bits per heavy atom. The number of carboxylic acid groups (broad SMARTS) is 1. The summed E-state index contributed by atoms with van der Waals surface area (Å²) in [6, 6.07) is 0.228. The number of ether oxygens (including phenoxy) is 1. The predicted molar refractivity (Wildman–Crippen MR) is 47.7 cm³/mol. The zero-order chi connectivity index (χ0) is 9.26. The molecule has 1 unspecified atom stereocenters. The van der Waals surface area contributed by atoms with Gasteiger partial charge in [0, 0.05) is 25.8 Å². The van der Waals surface area contributed by atoms with Crippen molar-refractivity contribution in [3.8, 4) is 0 Å². The van der Waals surface area contributed by atoms with Gasteiger partial charge in [0.05, 0.1) is 0 Å². The summed E-state index contributed by atoms with van der Waals surface area (Å²) in [5.74, 6) is -0.669. The van der Waals surface area contributed by atoms with Crippen LogP contribution >= 0.6 is 0 Å². The Balaban J connectivity index is 0.000000980. The Labute approximate surface area is 97.3 Å². The van der Waals surface area contributed by atoms with E-state index >= 15 is 0 Å². The molecule has 0 aromatic heterocycles. The fourth-order valence-electron chi connectivity index (χ4n) is 2.13. The zero-order valence-electron chi connectivity index (χ0n) is 9.61. The Bertz CT molecular complexity index is 212. The molecule has 2 fully saturated rings. The minimum atomic E-state index is -0.669. The zero-order valence-corrected chi connectivity index (χ0v) is 8.61. The number of rotatable bonds is 2. The van der Waals surface area contributed by atoms with Gasteiger partial charge in [-0.2, -0.15) is 0 Å². The molecule has 0 bridgehead atoms. The smallest absolute Gasteiger partial charge is 1.00 e. The van der Waals surface area contributed by atoms with Crippen LogP contribution in [-0.4, -0.2) is 47.8 Å². The van der Waals surface area contributed by atoms with Crippen LogP contribution in [0.15, 0.2) is 0 Å². The van der Waals surface area contributed by atoms with Crippen LogP contribution < -0.4 is 18.9 Å². The third kappa shape index (κ3) is 2.32. The van der Waals surface area contributed by atoms with E-state index in [0.29, 0.717) is 6.04 Å². The maximum atomic E-state index is 10.8. The first-order chi connectivity index (χ1) is 6.29. The molecule has 2 aliphatic rings. The van der Waals surface area contributed by atoms with Crippen molar-refractivity contribution < 1.29 is 34.9 Å². The van der Waals surface area contributed by atoms with E-state index in [4.69, 9.17) is 9.84 Å². The number of nitrogens with zero attached hydrogens (tertiary/aromatic N) is 1. The second-order valence-corrected chi connectivity index (χ2v) is 3.72. The molecule has 2 heterocycles. The maximum absolute atomic E-state index is 10.8. The van der Waals surface area contributed by atoms with Gasteiger partial charge in [-0.05, 0) is 19.3 Å². The van der Waals surface area contributed by atoms with E-state index in [1.54, 1.807) is 0 Å². The molecule has 2 rings (SSSR count). The number of hydrogen-bond donors (Lipinski definition) is 1. The van der Waals surface area contributed by atoms with Crippen LogP contribution in [0.4, 0.5) is 0 Å². The molecule has 0 aromatic carbocycles. The molecule has 5 heteroatoms. The van der Waals surface area contributed by atoms with Crippen molar-refractivity contribution in [2.75, 3.05) is 19.8 Å². The number of carbonyl (C=O) groups is 1. The fraction of sp³-hybridized carbons (Fsp3) is 0.889. The SMILES string of the molecule is O=C(O)C1CCN1C1CCOCC1.[H-].[Li+]. The number of aliphatic carboxylic acids is 1. The second kappa shape index (κ2) is 5.18. The Morgan fingerprint density at radius 3 is 2.43 bits per heavy atom. The van der Waals surface area contributed by atoms with E-state index in [-0.39, 0.29) is 26.3 Å². The van der Waals surface area contributed by atoms with Gasteiger partial charge in [-0.25, -0.2) is 0 Å². The van der Waals surface area contributed by atoms with Crippen molar-refractivity contribution in [1.29, 1.82) is 0 Å². The van der Waals surface area contributed by atoms with Gasteiger partial charge < -0.3 is 11.3 Å². The summed E-state index contributed by atoms with van der Waals surface area (Å²) in [5, 5.41) is 8.86. The summed E-state index contributed by atoms with van der Waals surface area (Å²) in [4.78, 5) is 12.9. The second-order valence-electron chi connectivity index (χ2n) is 3.72. The van der Waals surface area contributed by atoms with Gasteiger partial charge in [0.2, 0.25) is 0 Å². The van der Waals surface area contributed by atoms with Crippen LogP contribution in [0.1, 0.15) is 20.7 Å². The Morgan fingerprint density at radius 1 is 1.36 bits per heavy atom. The molecule has 76 valence electrons. The van der Waals surface area contributed by atoms with Crippen molar-refractivity contribution in [3.63, 3.8) is 0 Å². The molecular formula is C9H16LiNO3. The molecule has 0 aromatic rings. The molecule has 0 spiro atoms. The summed E-state index contributed by atoms with van der Waals surface area (Å²) in [6.07, 6.45) is 2.79. The van der Waals surface area contributed by atoms with Crippen LogP contribution in [0.3, 0.4) is 0 Å². The third-order valence-corrected chi connectivity index (χ3v) is 3.01. The van der Waals surface area contributed by atoms with E-state index in [1.807, 2.05) is 0 Å². The van der Waals surface area contributed by atoms with Crippen molar-refractivity contribution in [1.82, 2.24) is 4.90 Å². The summed E-state index contributed by atoms with van der Waals surface area (Å²) in [6.45, 7) is 2.52. The quantitative estimate of drug-likeness (QED) is 0.490. The minimum Gasteiger partial charge on any atom is -1.00 e. The van der Waals surface area contributed by atoms with Gasteiger partial charge >= 0.3 is 24.8 Å². The topological polar surface area (TPSA) is 49.8 Å². The summed E-state index contributed by atoms with van der Waals surface area (Å²) >= 11 is 0. The van der Waals surface area contributed by atoms with Crippen LogP contribution in [0.2, 0.25) is 0 Å². The molecule has 2 saturated heterocycles. The first-order valence-electron chi connectivity index (χ1n) is 4.85. The molecule has 0 saturated carbocycles. The number of carboxylic acids is 1. The monoisotopic (exact) mass is 193 g/mol. The average molecular weight is 193 g/mol. The van der Waals surface area contributed by atoms with E-state index in [1.165, 1.54) is 0 Å². The Hall–Kier alpha value is -0.0126. The van der Waals surface area contributed by atoms with E-state index in [2.05, 4.69) is 4.90 Å². The van der Waals surface area contributed by atoms with Crippen molar-refractivity contribution in [2.45, 2.75) is 31.3 Å². The normalized spacial score (nSPS) is 29.0. The Kier molecular flexibility index (Phi) is 4.46. The van der Waals surface area contributed by atoms with Gasteiger partial charge in [0.15, 0.2) is 0 Å². The molecular weight excluding hydrogens is 177 g/mol. The third-order valence-electron chi connectivity index (χ3n) is 3.01. The molecule has 2 aliphatic heterocycles. The molecule has 0 amide bonds. The van der Waals surface area contributed by atoms with E-state index in [0.717, 1.165) is 39.0 Å². The van der Waals surface area contributed by atoms with Crippen molar-refractivity contribution in [3.05, 3.63) is 0 Å². The minimum absolute atomic E-state index is 0. The van der Waals surface area contributed by atoms with Crippen LogP contribution in [0.5, 0.6) is 0 Å². The molecule has 0 radical (unpaired) electrons. The summed E-state index contributed by atoms with van der Waals surface area (Å²) < 4.78 is 5.24. The van der Waals surface area contributed by atoms with Crippen LogP contribution in [0, 0.1) is 0 Å². The molecule has 1 N–H and O–H groups in total. The molecule has 0 aliphatic carbocycles. The standard InChI is InChI=1S/C9H15NO3.Li.H/c11-9(12)8-1-4-10(8)7-2-5-13-6-3-7;;/h7-8H,1-6H2,(H,11,12);;/q;+1;-1. The van der Waals surface area contributed by atoms with E-state index in [9.17, 15) is 4.79 Å². The van der Waals surface area contributed by atoms with Gasteiger partial charge in [-0.3, -0.25) is 9.69 Å². The molecule has 14 heavy (non-hydrogen) atoms. The molecule has 1 atom stereocenters. The number of hydrogen-bond acceptors (Lipinski definition) is 3. The average Bonchev–Trinajstić information content (AvgIpc) is 2.02. The molecule has 4 nitrogen and oxygen atoms in total. The summed E-state index contributed by atoms with van der Waals surface area (Å²) in [5.41, 5.74) is 0. The van der Waals surface area contributed by atoms with Gasteiger partial charge in [-0.1, -0.05) is 0 Å². The van der Waals surface area contributed by atoms with Gasteiger partial charge in [-0.15, -0.1) is 0 Å². The van der Waals surface area contributed by atoms with Gasteiger partial charge in [0.1, 0.15) is 6.04 Å². The van der Waals surface area contributed by atoms with Gasteiger partial charge in [0.25, 0.3) is 0 Å². The predicted octanol–water partition coefficient (Wildman–Crippen LogP) is -2.56. The largest absolute Gasteiger partial charge is 1.00 e. The van der Waals surface area contributed by atoms with Crippen molar-refractivity contribution >= 4 is 5.97 Å². The fourth-order valence-corrected chi connectivity index (χ4v) is 2.13. The first-order valence-corrected chi connectivity index (χ1v) is 4.85. The van der Waals surface area contributed by atoms with Crippen LogP contribution in [-0.2, 0) is 9.53 Å². The van der Waals surface area contributed by atoms with E-state index < -0.39 is 5.97 Å². The van der Waals surface area contributed by atoms with Crippen LogP contribution in [0.25, 0.3) is 0 Å². The maximum Gasteiger partial charge on any atom is 1.00 e. The number of likely N-dealkylation sites (tertiary alicyclic amines) is 1. The van der Waals surface area contributed by atoms with Crippen molar-refractivity contribution in [2.24, 2.45) is 0 Å².